The predicted molar refractivity (Wildman–Crippen MR) is 102 cm³/mol. The number of rotatable bonds is 5. The fourth-order valence-corrected chi connectivity index (χ4v) is 4.63. The molecule has 1 amide bonds. The van der Waals surface area contributed by atoms with Crippen molar-refractivity contribution in [2.45, 2.75) is 37.8 Å². The van der Waals surface area contributed by atoms with Crippen molar-refractivity contribution < 1.29 is 14.3 Å². The summed E-state index contributed by atoms with van der Waals surface area (Å²) in [5, 5.41) is 0. The lowest BCUT2D eigenvalue weighted by Gasteiger charge is -2.53. The summed E-state index contributed by atoms with van der Waals surface area (Å²) < 4.78 is 11.6. The van der Waals surface area contributed by atoms with E-state index in [-0.39, 0.29) is 11.5 Å². The number of carbonyl (C=O) groups is 1. The first-order valence-corrected chi connectivity index (χ1v) is 10.2. The Labute approximate surface area is 161 Å². The van der Waals surface area contributed by atoms with Gasteiger partial charge < -0.3 is 19.3 Å². The van der Waals surface area contributed by atoms with Crippen molar-refractivity contribution in [3.63, 3.8) is 0 Å². The Bertz CT molecular complexity index is 617. The number of ether oxygens (including phenoxy) is 2. The van der Waals surface area contributed by atoms with Gasteiger partial charge in [0.1, 0.15) is 5.60 Å². The SMILES string of the molecule is CN(Cc1cccnc1)CC1CCC2(CN(C(=O)C3CCOCC3)C2)OC1. The summed E-state index contributed by atoms with van der Waals surface area (Å²) in [5.74, 6) is 1.04. The van der Waals surface area contributed by atoms with Crippen LogP contribution < -0.4 is 0 Å². The normalized spacial score (nSPS) is 25.6. The third kappa shape index (κ3) is 4.50. The van der Waals surface area contributed by atoms with Crippen LogP contribution >= 0.6 is 0 Å². The van der Waals surface area contributed by atoms with Crippen LogP contribution in [-0.4, -0.2) is 72.8 Å². The van der Waals surface area contributed by atoms with Crippen molar-refractivity contribution in [1.29, 1.82) is 0 Å². The van der Waals surface area contributed by atoms with E-state index in [1.54, 1.807) is 0 Å². The zero-order valence-electron chi connectivity index (χ0n) is 16.3. The Kier molecular flexibility index (Phi) is 5.76. The van der Waals surface area contributed by atoms with Crippen molar-refractivity contribution in [1.82, 2.24) is 14.8 Å². The molecule has 0 bridgehead atoms. The molecule has 1 spiro atoms. The third-order valence-corrected chi connectivity index (χ3v) is 6.22. The van der Waals surface area contributed by atoms with E-state index in [0.717, 1.165) is 65.3 Å². The molecule has 0 N–H and O–H groups in total. The van der Waals surface area contributed by atoms with Gasteiger partial charge in [-0.25, -0.2) is 0 Å². The van der Waals surface area contributed by atoms with Crippen LogP contribution in [0.25, 0.3) is 0 Å². The maximum atomic E-state index is 12.6. The number of likely N-dealkylation sites (tertiary alicyclic amines) is 1. The van der Waals surface area contributed by atoms with Crippen LogP contribution in [0.2, 0.25) is 0 Å². The minimum Gasteiger partial charge on any atom is -0.381 e. The molecule has 0 saturated carbocycles. The maximum absolute atomic E-state index is 12.6. The molecular weight excluding hydrogens is 342 g/mol. The van der Waals surface area contributed by atoms with E-state index < -0.39 is 0 Å². The average molecular weight is 373 g/mol. The number of nitrogens with zero attached hydrogens (tertiary/aromatic N) is 3. The van der Waals surface area contributed by atoms with Crippen molar-refractivity contribution >= 4 is 5.91 Å². The highest BCUT2D eigenvalue weighted by molar-refractivity contribution is 5.80. The summed E-state index contributed by atoms with van der Waals surface area (Å²) in [6.07, 6.45) is 7.73. The largest absolute Gasteiger partial charge is 0.381 e. The van der Waals surface area contributed by atoms with Gasteiger partial charge in [-0.05, 0) is 50.3 Å². The van der Waals surface area contributed by atoms with Crippen LogP contribution in [0.15, 0.2) is 24.5 Å². The van der Waals surface area contributed by atoms with Gasteiger partial charge in [-0.2, -0.15) is 0 Å². The fourth-order valence-electron chi connectivity index (χ4n) is 4.63. The second-order valence-corrected chi connectivity index (χ2v) is 8.54. The highest BCUT2D eigenvalue weighted by Crippen LogP contribution is 2.37. The van der Waals surface area contributed by atoms with Crippen molar-refractivity contribution in [3.05, 3.63) is 30.1 Å². The van der Waals surface area contributed by atoms with E-state index in [9.17, 15) is 4.79 Å². The first-order chi connectivity index (χ1) is 13.1. The molecule has 0 aliphatic carbocycles. The molecule has 1 aromatic rings. The van der Waals surface area contributed by atoms with Crippen molar-refractivity contribution in [2.24, 2.45) is 11.8 Å². The zero-order valence-corrected chi connectivity index (χ0v) is 16.3. The number of aromatic nitrogens is 1. The Morgan fingerprint density at radius 3 is 2.81 bits per heavy atom. The van der Waals surface area contributed by atoms with E-state index in [1.807, 2.05) is 23.4 Å². The molecule has 0 aromatic carbocycles. The first kappa shape index (κ1) is 18.8. The molecule has 0 radical (unpaired) electrons. The van der Waals surface area contributed by atoms with E-state index in [1.165, 1.54) is 12.0 Å². The molecule has 6 heteroatoms. The molecular formula is C21H31N3O3. The lowest BCUT2D eigenvalue weighted by molar-refractivity contribution is -0.193. The Balaban J connectivity index is 1.19. The van der Waals surface area contributed by atoms with Crippen LogP contribution in [0.4, 0.5) is 0 Å². The molecule has 148 valence electrons. The Morgan fingerprint density at radius 2 is 2.15 bits per heavy atom. The number of pyridine rings is 1. The van der Waals surface area contributed by atoms with Gasteiger partial charge in [-0.1, -0.05) is 6.07 Å². The molecule has 4 rings (SSSR count). The van der Waals surface area contributed by atoms with Crippen molar-refractivity contribution in [3.8, 4) is 0 Å². The quantitative estimate of drug-likeness (QED) is 0.790. The van der Waals surface area contributed by atoms with E-state index in [4.69, 9.17) is 9.47 Å². The second kappa shape index (κ2) is 8.25. The number of carbonyl (C=O) groups excluding carboxylic acids is 1. The van der Waals surface area contributed by atoms with Gasteiger partial charge in [0.25, 0.3) is 0 Å². The van der Waals surface area contributed by atoms with Gasteiger partial charge in [-0.15, -0.1) is 0 Å². The smallest absolute Gasteiger partial charge is 0.226 e. The van der Waals surface area contributed by atoms with Gasteiger partial charge >= 0.3 is 0 Å². The number of amides is 1. The first-order valence-electron chi connectivity index (χ1n) is 10.2. The van der Waals surface area contributed by atoms with Gasteiger partial charge in [0.15, 0.2) is 0 Å². The molecule has 3 fully saturated rings. The average Bonchev–Trinajstić information content (AvgIpc) is 2.68. The lowest BCUT2D eigenvalue weighted by Crippen LogP contribution is -2.67. The molecule has 1 aromatic heterocycles. The fraction of sp³-hybridized carbons (Fsp3) is 0.714. The molecule has 6 nitrogen and oxygen atoms in total. The van der Waals surface area contributed by atoms with Gasteiger partial charge in [0, 0.05) is 44.6 Å². The zero-order chi connectivity index (χ0) is 18.7. The highest BCUT2D eigenvalue weighted by atomic mass is 16.5. The molecule has 3 aliphatic heterocycles. The highest BCUT2D eigenvalue weighted by Gasteiger charge is 2.49. The monoisotopic (exact) mass is 373 g/mol. The van der Waals surface area contributed by atoms with Gasteiger partial charge in [-0.3, -0.25) is 9.78 Å². The van der Waals surface area contributed by atoms with Crippen LogP contribution in [0.1, 0.15) is 31.2 Å². The molecule has 27 heavy (non-hydrogen) atoms. The Morgan fingerprint density at radius 1 is 1.33 bits per heavy atom. The lowest BCUT2D eigenvalue weighted by atomic mass is 9.81. The van der Waals surface area contributed by atoms with Gasteiger partial charge in [0.05, 0.1) is 19.7 Å². The summed E-state index contributed by atoms with van der Waals surface area (Å²) in [7, 11) is 2.16. The summed E-state index contributed by atoms with van der Waals surface area (Å²) in [6.45, 7) is 5.76. The summed E-state index contributed by atoms with van der Waals surface area (Å²) in [6, 6.07) is 4.11. The van der Waals surface area contributed by atoms with Crippen LogP contribution in [0.5, 0.6) is 0 Å². The van der Waals surface area contributed by atoms with Crippen LogP contribution in [0, 0.1) is 11.8 Å². The molecule has 3 aliphatic rings. The maximum Gasteiger partial charge on any atom is 0.226 e. The van der Waals surface area contributed by atoms with E-state index >= 15 is 0 Å². The second-order valence-electron chi connectivity index (χ2n) is 8.54. The summed E-state index contributed by atoms with van der Waals surface area (Å²) >= 11 is 0. The Hall–Kier alpha value is -1.50. The molecule has 1 atom stereocenters. The molecule has 1 unspecified atom stereocenters. The van der Waals surface area contributed by atoms with Crippen LogP contribution in [0.3, 0.4) is 0 Å². The minimum absolute atomic E-state index is 0.0702. The summed E-state index contributed by atoms with van der Waals surface area (Å²) in [5.41, 5.74) is 1.17. The number of hydrogen-bond donors (Lipinski definition) is 0. The molecule has 4 heterocycles. The standard InChI is InChI=1S/C21H31N3O3/c1-23(12-17-3-2-8-22-11-17)13-18-4-7-21(27-14-18)15-24(16-21)20(25)19-5-9-26-10-6-19/h2-3,8,11,18-19H,4-7,9-10,12-16H2,1H3. The van der Waals surface area contributed by atoms with E-state index in [0.29, 0.717) is 11.8 Å². The summed E-state index contributed by atoms with van der Waals surface area (Å²) in [4.78, 5) is 21.1. The minimum atomic E-state index is -0.0702. The van der Waals surface area contributed by atoms with Crippen LogP contribution in [-0.2, 0) is 20.8 Å². The van der Waals surface area contributed by atoms with E-state index in [2.05, 4.69) is 23.0 Å². The third-order valence-electron chi connectivity index (χ3n) is 6.22. The predicted octanol–water partition coefficient (Wildman–Crippen LogP) is 1.95. The van der Waals surface area contributed by atoms with Gasteiger partial charge in [0.2, 0.25) is 5.91 Å². The van der Waals surface area contributed by atoms with Crippen molar-refractivity contribution in [2.75, 3.05) is 46.5 Å². The molecule has 3 saturated heterocycles. The topological polar surface area (TPSA) is 54.9 Å². The number of hydrogen-bond acceptors (Lipinski definition) is 5.